The molecule has 2 aromatic carbocycles. The largest absolute Gasteiger partial charge is 0.491 e. The number of hydrazone groups is 1. The average molecular weight is 449 g/mol. The lowest BCUT2D eigenvalue weighted by Crippen LogP contribution is -2.24. The molecule has 0 aliphatic carbocycles. The molecule has 0 radical (unpaired) electrons. The number of carbonyl (C=O) groups is 1. The molecular weight excluding hydrogens is 434 g/mol. The van der Waals surface area contributed by atoms with Crippen molar-refractivity contribution < 1.29 is 13.9 Å². The van der Waals surface area contributed by atoms with E-state index in [1.54, 1.807) is 12.1 Å². The molecule has 3 aromatic rings. The van der Waals surface area contributed by atoms with Gasteiger partial charge < -0.3 is 9.72 Å². The van der Waals surface area contributed by atoms with Gasteiger partial charge in [-0.25, -0.2) is 14.6 Å². The fraction of sp³-hybridized carbons (Fsp3) is 0.100. The van der Waals surface area contributed by atoms with Crippen LogP contribution in [-0.2, 0) is 0 Å². The van der Waals surface area contributed by atoms with E-state index in [1.165, 1.54) is 36.5 Å². The zero-order chi connectivity index (χ0) is 21.7. The summed E-state index contributed by atoms with van der Waals surface area (Å²) in [5, 5.41) is 4.46. The number of halogens is 3. The third-order valence-electron chi connectivity index (χ3n) is 3.82. The predicted octanol–water partition coefficient (Wildman–Crippen LogP) is 4.05. The second-order valence-electron chi connectivity index (χ2n) is 5.94. The maximum atomic E-state index is 13.1. The molecule has 10 heteroatoms. The number of aromatic nitrogens is 2. The van der Waals surface area contributed by atoms with Crippen LogP contribution in [0.1, 0.15) is 23.0 Å². The minimum absolute atomic E-state index is 0.0609. The Balaban J connectivity index is 1.76. The first-order chi connectivity index (χ1) is 14.4. The minimum atomic E-state index is -0.726. The SMILES string of the molecule is CCOc1c(Cl)cc(/C=N/NC(=O)c2cc(-c3ccc(F)cc3)nc(=O)[nH]2)cc1Cl. The van der Waals surface area contributed by atoms with Crippen molar-refractivity contribution in [2.75, 3.05) is 6.61 Å². The van der Waals surface area contributed by atoms with Gasteiger partial charge in [0.25, 0.3) is 5.91 Å². The van der Waals surface area contributed by atoms with Gasteiger partial charge in [-0.15, -0.1) is 0 Å². The first kappa shape index (κ1) is 21.5. The van der Waals surface area contributed by atoms with Crippen LogP contribution in [0.5, 0.6) is 5.75 Å². The van der Waals surface area contributed by atoms with Crippen LogP contribution in [0.4, 0.5) is 4.39 Å². The Morgan fingerprint density at radius 1 is 1.23 bits per heavy atom. The van der Waals surface area contributed by atoms with Crippen LogP contribution in [0.15, 0.2) is 52.4 Å². The number of aromatic amines is 1. The summed E-state index contributed by atoms with van der Waals surface area (Å²) in [4.78, 5) is 30.3. The fourth-order valence-corrected chi connectivity index (χ4v) is 3.12. The molecule has 0 aliphatic rings. The molecule has 0 atom stereocenters. The lowest BCUT2D eigenvalue weighted by molar-refractivity contribution is 0.0949. The maximum absolute atomic E-state index is 13.1. The summed E-state index contributed by atoms with van der Waals surface area (Å²) in [5.74, 6) is -0.729. The number of hydrogen-bond acceptors (Lipinski definition) is 5. The number of amides is 1. The molecule has 30 heavy (non-hydrogen) atoms. The van der Waals surface area contributed by atoms with Crippen molar-refractivity contribution >= 4 is 35.3 Å². The van der Waals surface area contributed by atoms with Gasteiger partial charge in [0.1, 0.15) is 11.5 Å². The van der Waals surface area contributed by atoms with E-state index >= 15 is 0 Å². The van der Waals surface area contributed by atoms with Crippen molar-refractivity contribution in [1.82, 2.24) is 15.4 Å². The average Bonchev–Trinajstić information content (AvgIpc) is 2.70. The first-order valence-electron chi connectivity index (χ1n) is 8.70. The van der Waals surface area contributed by atoms with E-state index in [2.05, 4.69) is 20.5 Å². The molecule has 7 nitrogen and oxygen atoms in total. The highest BCUT2D eigenvalue weighted by molar-refractivity contribution is 6.37. The summed E-state index contributed by atoms with van der Waals surface area (Å²) < 4.78 is 18.4. The van der Waals surface area contributed by atoms with Gasteiger partial charge in [0.2, 0.25) is 0 Å². The Labute approximate surface area is 180 Å². The van der Waals surface area contributed by atoms with Gasteiger partial charge in [0, 0.05) is 5.56 Å². The zero-order valence-electron chi connectivity index (χ0n) is 15.6. The Bertz CT molecular complexity index is 1140. The molecule has 2 N–H and O–H groups in total. The highest BCUT2D eigenvalue weighted by Gasteiger charge is 2.11. The highest BCUT2D eigenvalue weighted by atomic mass is 35.5. The molecular formula is C20H15Cl2FN4O3. The van der Waals surface area contributed by atoms with Crippen LogP contribution in [-0.4, -0.2) is 28.7 Å². The highest BCUT2D eigenvalue weighted by Crippen LogP contribution is 2.33. The number of ether oxygens (including phenoxy) is 1. The summed E-state index contributed by atoms with van der Waals surface area (Å²) >= 11 is 12.3. The van der Waals surface area contributed by atoms with Crippen molar-refractivity contribution in [2.45, 2.75) is 6.92 Å². The number of carbonyl (C=O) groups excluding carboxylic acids is 1. The molecule has 1 amide bonds. The summed E-state index contributed by atoms with van der Waals surface area (Å²) in [5.41, 5.74) is 2.75. The van der Waals surface area contributed by atoms with Gasteiger partial charge in [-0.2, -0.15) is 10.1 Å². The van der Waals surface area contributed by atoms with Crippen LogP contribution < -0.4 is 15.9 Å². The lowest BCUT2D eigenvalue weighted by Gasteiger charge is -2.08. The second-order valence-corrected chi connectivity index (χ2v) is 6.75. The summed E-state index contributed by atoms with van der Waals surface area (Å²) in [6.45, 7) is 2.22. The number of nitrogens with zero attached hydrogens (tertiary/aromatic N) is 2. The zero-order valence-corrected chi connectivity index (χ0v) is 17.1. The van der Waals surface area contributed by atoms with Gasteiger partial charge in [0.15, 0.2) is 5.75 Å². The standard InChI is InChI=1S/C20H15Cl2FN4O3/c1-2-30-18-14(21)7-11(8-15(18)22)10-24-27-19(28)17-9-16(25-20(29)26-17)12-3-5-13(23)6-4-12/h3-10H,2H2,1H3,(H,27,28)(H,25,26,29)/b24-10+. The van der Waals surface area contributed by atoms with Gasteiger partial charge in [-0.3, -0.25) is 4.79 Å². The third-order valence-corrected chi connectivity index (χ3v) is 4.38. The summed E-state index contributed by atoms with van der Waals surface area (Å²) in [6, 6.07) is 9.89. The fourth-order valence-electron chi connectivity index (χ4n) is 2.51. The third kappa shape index (κ3) is 5.22. The lowest BCUT2D eigenvalue weighted by atomic mass is 10.1. The van der Waals surface area contributed by atoms with Gasteiger partial charge >= 0.3 is 5.69 Å². The van der Waals surface area contributed by atoms with E-state index in [-0.39, 0.29) is 11.4 Å². The number of nitrogens with one attached hydrogen (secondary N) is 2. The van der Waals surface area contributed by atoms with Crippen LogP contribution in [0.2, 0.25) is 10.0 Å². The Morgan fingerprint density at radius 3 is 2.53 bits per heavy atom. The van der Waals surface area contributed by atoms with E-state index in [9.17, 15) is 14.0 Å². The Morgan fingerprint density at radius 2 is 1.90 bits per heavy atom. The Kier molecular flexibility index (Phi) is 6.81. The van der Waals surface area contributed by atoms with Gasteiger partial charge in [-0.1, -0.05) is 23.2 Å². The van der Waals surface area contributed by atoms with Gasteiger partial charge in [-0.05, 0) is 55.0 Å². The normalized spacial score (nSPS) is 10.9. The molecule has 0 fully saturated rings. The van der Waals surface area contributed by atoms with Crippen molar-refractivity contribution in [3.05, 3.63) is 80.1 Å². The number of hydrogen-bond donors (Lipinski definition) is 2. The van der Waals surface area contributed by atoms with E-state index in [1.807, 2.05) is 6.92 Å². The number of benzene rings is 2. The first-order valence-corrected chi connectivity index (χ1v) is 9.45. The van der Waals surface area contributed by atoms with Crippen LogP contribution in [0, 0.1) is 5.82 Å². The van der Waals surface area contributed by atoms with E-state index in [0.29, 0.717) is 33.5 Å². The molecule has 154 valence electrons. The topological polar surface area (TPSA) is 96.4 Å². The summed E-state index contributed by atoms with van der Waals surface area (Å²) in [7, 11) is 0. The molecule has 1 aromatic heterocycles. The van der Waals surface area contributed by atoms with Crippen LogP contribution in [0.25, 0.3) is 11.3 Å². The van der Waals surface area contributed by atoms with Gasteiger partial charge in [0.05, 0.1) is 28.6 Å². The van der Waals surface area contributed by atoms with E-state index in [4.69, 9.17) is 27.9 Å². The monoisotopic (exact) mass is 448 g/mol. The molecule has 0 saturated carbocycles. The van der Waals surface area contributed by atoms with Crippen LogP contribution >= 0.6 is 23.2 Å². The smallest absolute Gasteiger partial charge is 0.346 e. The maximum Gasteiger partial charge on any atom is 0.346 e. The molecule has 3 rings (SSSR count). The molecule has 0 aliphatic heterocycles. The van der Waals surface area contributed by atoms with Crippen molar-refractivity contribution in [2.24, 2.45) is 5.10 Å². The predicted molar refractivity (Wildman–Crippen MR) is 113 cm³/mol. The molecule has 0 spiro atoms. The van der Waals surface area contributed by atoms with Crippen molar-refractivity contribution in [3.8, 4) is 17.0 Å². The molecule has 1 heterocycles. The second kappa shape index (κ2) is 9.51. The molecule has 0 saturated heterocycles. The van der Waals surface area contributed by atoms with Crippen molar-refractivity contribution in [3.63, 3.8) is 0 Å². The Hall–Kier alpha value is -3.23. The quantitative estimate of drug-likeness (QED) is 0.439. The number of rotatable bonds is 6. The van der Waals surface area contributed by atoms with E-state index in [0.717, 1.165) is 0 Å². The number of H-pyrrole nitrogens is 1. The summed E-state index contributed by atoms with van der Waals surface area (Å²) in [6.07, 6.45) is 1.34. The van der Waals surface area contributed by atoms with Crippen LogP contribution in [0.3, 0.4) is 0 Å². The molecule has 0 bridgehead atoms. The van der Waals surface area contributed by atoms with Crippen molar-refractivity contribution in [1.29, 1.82) is 0 Å². The minimum Gasteiger partial charge on any atom is -0.491 e. The van der Waals surface area contributed by atoms with E-state index < -0.39 is 17.4 Å². The molecule has 0 unspecified atom stereocenters.